The van der Waals surface area contributed by atoms with Crippen molar-refractivity contribution < 1.29 is 9.47 Å². The van der Waals surface area contributed by atoms with Gasteiger partial charge in [0.05, 0.1) is 19.8 Å². The van der Waals surface area contributed by atoms with E-state index < -0.39 is 0 Å². The Balaban J connectivity index is 1.56. The average Bonchev–Trinajstić information content (AvgIpc) is 2.71. The fraction of sp³-hybridized carbons (Fsp3) is 0.308. The second-order valence-corrected chi connectivity index (χ2v) is 8.39. The first kappa shape index (κ1) is 21.4. The highest BCUT2D eigenvalue weighted by Gasteiger charge is 2.21. The lowest BCUT2D eigenvalue weighted by atomic mass is 9.85. The molecule has 0 aromatic heterocycles. The topological polar surface area (TPSA) is 18.5 Å². The van der Waals surface area contributed by atoms with E-state index in [4.69, 9.17) is 21.1 Å². The molecule has 0 aliphatic carbocycles. The number of hydrogen-bond donors (Lipinski definition) is 0. The fourth-order valence-corrected chi connectivity index (χ4v) is 3.47. The van der Waals surface area contributed by atoms with Crippen molar-refractivity contribution in [3.63, 3.8) is 0 Å². The molecule has 0 unspecified atom stereocenters. The molecule has 2 nitrogen and oxygen atoms in total. The van der Waals surface area contributed by atoms with E-state index in [0.717, 1.165) is 17.2 Å². The van der Waals surface area contributed by atoms with Gasteiger partial charge in [-0.2, -0.15) is 0 Å². The zero-order valence-corrected chi connectivity index (χ0v) is 18.2. The van der Waals surface area contributed by atoms with E-state index in [2.05, 4.69) is 62.4 Å². The molecule has 0 amide bonds. The molecule has 0 aliphatic rings. The van der Waals surface area contributed by atoms with Crippen molar-refractivity contribution in [1.29, 1.82) is 0 Å². The molecule has 0 N–H and O–H groups in total. The molecule has 0 saturated heterocycles. The molecule has 0 fully saturated rings. The number of hydrogen-bond acceptors (Lipinski definition) is 2. The third kappa shape index (κ3) is 6.35. The minimum atomic E-state index is -0.0638. The summed E-state index contributed by atoms with van der Waals surface area (Å²) in [6.07, 6.45) is 0.892. The summed E-state index contributed by atoms with van der Waals surface area (Å²) >= 11 is 5.98. The quantitative estimate of drug-likeness (QED) is 0.386. The molecular weight excluding hydrogens is 380 g/mol. The van der Waals surface area contributed by atoms with E-state index in [9.17, 15) is 0 Å². The largest absolute Gasteiger partial charge is 0.494 e. The normalized spacial score (nSPS) is 11.4. The van der Waals surface area contributed by atoms with Crippen molar-refractivity contribution in [3.8, 4) is 5.75 Å². The van der Waals surface area contributed by atoms with E-state index in [0.29, 0.717) is 19.8 Å². The summed E-state index contributed by atoms with van der Waals surface area (Å²) in [5.74, 6) is 0.908. The van der Waals surface area contributed by atoms with Gasteiger partial charge in [0.15, 0.2) is 0 Å². The monoisotopic (exact) mass is 408 g/mol. The van der Waals surface area contributed by atoms with Crippen molar-refractivity contribution in [2.24, 2.45) is 0 Å². The average molecular weight is 409 g/mol. The number of benzene rings is 3. The molecular formula is C26H29ClO2. The van der Waals surface area contributed by atoms with E-state index in [-0.39, 0.29) is 5.41 Å². The van der Waals surface area contributed by atoms with E-state index >= 15 is 0 Å². The first-order valence-corrected chi connectivity index (χ1v) is 10.5. The van der Waals surface area contributed by atoms with E-state index in [1.165, 1.54) is 22.3 Å². The first-order valence-electron chi connectivity index (χ1n) is 10.1. The molecule has 0 atom stereocenters. The van der Waals surface area contributed by atoms with Crippen molar-refractivity contribution >= 4 is 11.6 Å². The first-order chi connectivity index (χ1) is 14.0. The smallest absolute Gasteiger partial charge is 0.119 e. The Hall–Kier alpha value is -2.29. The van der Waals surface area contributed by atoms with Crippen LogP contribution < -0.4 is 4.74 Å². The Kier molecular flexibility index (Phi) is 7.35. The van der Waals surface area contributed by atoms with Crippen molar-refractivity contribution in [3.05, 3.63) is 100 Å². The van der Waals surface area contributed by atoms with Crippen LogP contribution in [0, 0.1) is 0 Å². The molecule has 3 aromatic rings. The Labute approximate surface area is 179 Å². The van der Waals surface area contributed by atoms with Gasteiger partial charge in [0.25, 0.3) is 0 Å². The van der Waals surface area contributed by atoms with Gasteiger partial charge in [0.2, 0.25) is 0 Å². The highest BCUT2D eigenvalue weighted by molar-refractivity contribution is 6.30. The van der Waals surface area contributed by atoms with Crippen molar-refractivity contribution in [1.82, 2.24) is 0 Å². The van der Waals surface area contributed by atoms with Crippen LogP contribution in [0.3, 0.4) is 0 Å². The Morgan fingerprint density at radius 3 is 2.21 bits per heavy atom. The predicted octanol–water partition coefficient (Wildman–Crippen LogP) is 6.82. The van der Waals surface area contributed by atoms with Crippen molar-refractivity contribution in [2.45, 2.75) is 39.2 Å². The highest BCUT2D eigenvalue weighted by Crippen LogP contribution is 2.26. The van der Waals surface area contributed by atoms with Crippen LogP contribution in [-0.4, -0.2) is 13.2 Å². The van der Waals surface area contributed by atoms with Crippen LogP contribution in [-0.2, 0) is 23.2 Å². The zero-order chi connectivity index (χ0) is 20.7. The number of ether oxygens (including phenoxy) is 2. The summed E-state index contributed by atoms with van der Waals surface area (Å²) in [5, 5.41) is 0.769. The number of rotatable bonds is 9. The minimum absolute atomic E-state index is 0.0638. The molecule has 3 rings (SSSR count). The van der Waals surface area contributed by atoms with Gasteiger partial charge >= 0.3 is 0 Å². The molecule has 0 saturated carbocycles. The summed E-state index contributed by atoms with van der Waals surface area (Å²) < 4.78 is 11.6. The van der Waals surface area contributed by atoms with Gasteiger partial charge < -0.3 is 9.47 Å². The zero-order valence-electron chi connectivity index (χ0n) is 17.5. The second-order valence-electron chi connectivity index (χ2n) is 7.96. The molecule has 0 aliphatic heterocycles. The van der Waals surface area contributed by atoms with Gasteiger partial charge in [-0.1, -0.05) is 74.0 Å². The van der Waals surface area contributed by atoms with Crippen LogP contribution in [0.25, 0.3) is 0 Å². The van der Waals surface area contributed by atoms with Crippen LogP contribution >= 0.6 is 11.6 Å². The highest BCUT2D eigenvalue weighted by atomic mass is 35.5. The van der Waals surface area contributed by atoms with Crippen LogP contribution in [0.1, 0.15) is 43.0 Å². The lowest BCUT2D eigenvalue weighted by Gasteiger charge is -2.25. The Morgan fingerprint density at radius 1 is 0.828 bits per heavy atom. The summed E-state index contributed by atoms with van der Waals surface area (Å²) in [5.41, 5.74) is 4.91. The summed E-state index contributed by atoms with van der Waals surface area (Å²) in [6.45, 7) is 8.36. The van der Waals surface area contributed by atoms with Crippen molar-refractivity contribution in [2.75, 3.05) is 13.2 Å². The van der Waals surface area contributed by atoms with Crippen LogP contribution in [0.5, 0.6) is 5.75 Å². The molecule has 0 bridgehead atoms. The molecule has 0 radical (unpaired) electrons. The molecule has 29 heavy (non-hydrogen) atoms. The minimum Gasteiger partial charge on any atom is -0.494 e. The molecule has 0 spiro atoms. The van der Waals surface area contributed by atoms with Crippen LogP contribution in [0.15, 0.2) is 72.8 Å². The molecule has 152 valence electrons. The maximum Gasteiger partial charge on any atom is 0.119 e. The van der Waals surface area contributed by atoms with Gasteiger partial charge in [-0.25, -0.2) is 0 Å². The molecule has 3 aromatic carbocycles. The third-order valence-corrected chi connectivity index (χ3v) is 5.24. The fourth-order valence-electron chi connectivity index (χ4n) is 3.34. The summed E-state index contributed by atoms with van der Waals surface area (Å²) in [7, 11) is 0. The second kappa shape index (κ2) is 9.96. The van der Waals surface area contributed by atoms with Crippen LogP contribution in [0.4, 0.5) is 0 Å². The lowest BCUT2D eigenvalue weighted by molar-refractivity contribution is 0.0824. The lowest BCUT2D eigenvalue weighted by Crippen LogP contribution is -2.24. The number of halogens is 1. The molecule has 3 heteroatoms. The third-order valence-electron chi connectivity index (χ3n) is 4.99. The SMILES string of the molecule is CCOc1ccc(C(C)(C)COCc2cccc(Cc3ccc(Cl)cc3)c2)cc1. The Bertz CT molecular complexity index is 899. The van der Waals surface area contributed by atoms with Gasteiger partial charge in [-0.15, -0.1) is 0 Å². The van der Waals surface area contributed by atoms with E-state index in [1.807, 2.05) is 31.2 Å². The van der Waals surface area contributed by atoms with Gasteiger partial charge in [0.1, 0.15) is 5.75 Å². The summed E-state index contributed by atoms with van der Waals surface area (Å²) in [6, 6.07) is 24.9. The van der Waals surface area contributed by atoms with Gasteiger partial charge in [0, 0.05) is 10.4 Å². The maximum absolute atomic E-state index is 6.09. The van der Waals surface area contributed by atoms with Crippen LogP contribution in [0.2, 0.25) is 5.02 Å². The molecule has 0 heterocycles. The summed E-state index contributed by atoms with van der Waals surface area (Å²) in [4.78, 5) is 0. The predicted molar refractivity (Wildman–Crippen MR) is 121 cm³/mol. The Morgan fingerprint density at radius 2 is 1.52 bits per heavy atom. The van der Waals surface area contributed by atoms with E-state index in [1.54, 1.807) is 0 Å². The maximum atomic E-state index is 6.09. The van der Waals surface area contributed by atoms with Gasteiger partial charge in [-0.05, 0) is 59.9 Å². The standard InChI is InChI=1S/C26H29ClO2/c1-4-29-25-14-10-23(11-15-25)26(2,3)19-28-18-22-7-5-6-21(17-22)16-20-8-12-24(27)13-9-20/h5-15,17H,4,16,18-19H2,1-3H3. The van der Waals surface area contributed by atoms with Gasteiger partial charge in [-0.3, -0.25) is 0 Å².